The maximum absolute atomic E-state index is 10.7. The summed E-state index contributed by atoms with van der Waals surface area (Å²) in [6.45, 7) is 3.97. The summed E-state index contributed by atoms with van der Waals surface area (Å²) in [5.74, 6) is 0. The molecule has 12 heavy (non-hydrogen) atoms. The van der Waals surface area contributed by atoms with Gasteiger partial charge in [0.15, 0.2) is 6.29 Å². The first kappa shape index (κ1) is 7.55. The van der Waals surface area contributed by atoms with Gasteiger partial charge in [-0.25, -0.2) is 0 Å². The van der Waals surface area contributed by atoms with Gasteiger partial charge in [0.05, 0.1) is 5.69 Å². The Morgan fingerprint density at radius 3 is 2.92 bits per heavy atom. The molecule has 0 radical (unpaired) electrons. The van der Waals surface area contributed by atoms with Crippen LogP contribution in [0.2, 0.25) is 0 Å². The van der Waals surface area contributed by atoms with E-state index in [4.69, 9.17) is 0 Å². The lowest BCUT2D eigenvalue weighted by Crippen LogP contribution is -1.91. The molecular weight excluding hydrogens is 170 g/mol. The first-order valence-corrected chi connectivity index (χ1v) is 4.63. The molecule has 0 aliphatic heterocycles. The van der Waals surface area contributed by atoms with Crippen LogP contribution in [0, 0.1) is 13.8 Å². The van der Waals surface area contributed by atoms with Crippen LogP contribution in [-0.4, -0.2) is 10.7 Å². The van der Waals surface area contributed by atoms with E-state index < -0.39 is 0 Å². The maximum atomic E-state index is 10.7. The molecule has 0 fully saturated rings. The van der Waals surface area contributed by atoms with E-state index in [1.807, 2.05) is 24.3 Å². The van der Waals surface area contributed by atoms with Crippen molar-refractivity contribution < 1.29 is 4.79 Å². The average Bonchev–Trinajstić information content (AvgIpc) is 2.52. The molecule has 0 N–H and O–H groups in total. The maximum Gasteiger partial charge on any atom is 0.167 e. The van der Waals surface area contributed by atoms with Gasteiger partial charge in [0, 0.05) is 11.1 Å². The summed E-state index contributed by atoms with van der Waals surface area (Å²) in [5.41, 5.74) is 2.97. The van der Waals surface area contributed by atoms with Crippen molar-refractivity contribution in [2.45, 2.75) is 13.8 Å². The van der Waals surface area contributed by atoms with Crippen LogP contribution in [0.4, 0.5) is 0 Å². The number of aromatic nitrogens is 1. The predicted molar refractivity (Wildman–Crippen MR) is 50.1 cm³/mol. The number of aryl methyl sites for hydroxylation is 2. The van der Waals surface area contributed by atoms with Crippen LogP contribution >= 0.6 is 11.3 Å². The van der Waals surface area contributed by atoms with E-state index in [1.165, 1.54) is 0 Å². The van der Waals surface area contributed by atoms with Crippen molar-refractivity contribution >= 4 is 22.5 Å². The minimum Gasteiger partial charge on any atom is -0.302 e. The SMILES string of the molecule is Cc1cc2scc(C)n2c1C=O. The van der Waals surface area contributed by atoms with Crippen molar-refractivity contribution in [3.05, 3.63) is 28.4 Å². The van der Waals surface area contributed by atoms with E-state index in [0.29, 0.717) is 0 Å². The van der Waals surface area contributed by atoms with Gasteiger partial charge in [0.25, 0.3) is 0 Å². The van der Waals surface area contributed by atoms with E-state index in [1.54, 1.807) is 11.3 Å². The number of thiazole rings is 1. The number of carbonyl (C=O) groups excluding carboxylic acids is 1. The number of aldehydes is 1. The Kier molecular flexibility index (Phi) is 1.54. The van der Waals surface area contributed by atoms with Crippen LogP contribution in [0.5, 0.6) is 0 Å². The van der Waals surface area contributed by atoms with Crippen LogP contribution < -0.4 is 0 Å². The molecule has 0 amide bonds. The molecule has 0 saturated carbocycles. The Balaban J connectivity index is 2.93. The quantitative estimate of drug-likeness (QED) is 0.616. The third-order valence-electron chi connectivity index (χ3n) is 2.02. The second-order valence-corrected chi connectivity index (χ2v) is 3.77. The van der Waals surface area contributed by atoms with E-state index in [0.717, 1.165) is 28.1 Å². The largest absolute Gasteiger partial charge is 0.302 e. The Labute approximate surface area is 74.4 Å². The molecule has 0 atom stereocenters. The normalized spacial score (nSPS) is 10.8. The minimum atomic E-state index is 0.781. The zero-order valence-corrected chi connectivity index (χ0v) is 7.81. The Bertz CT molecular complexity index is 438. The summed E-state index contributed by atoms with van der Waals surface area (Å²) >= 11 is 1.67. The van der Waals surface area contributed by atoms with Gasteiger partial charge in [-0.2, -0.15) is 0 Å². The van der Waals surface area contributed by atoms with Gasteiger partial charge in [-0.15, -0.1) is 11.3 Å². The second-order valence-electron chi connectivity index (χ2n) is 2.88. The summed E-state index contributed by atoms with van der Waals surface area (Å²) in [4.78, 5) is 11.9. The van der Waals surface area contributed by atoms with Gasteiger partial charge < -0.3 is 4.40 Å². The number of carbonyl (C=O) groups is 1. The predicted octanol–water partition coefficient (Wildman–Crippen LogP) is 2.43. The molecule has 0 spiro atoms. The van der Waals surface area contributed by atoms with E-state index in [9.17, 15) is 4.79 Å². The molecular formula is C9H9NOS. The minimum absolute atomic E-state index is 0.781. The molecule has 2 aromatic heterocycles. The fraction of sp³-hybridized carbons (Fsp3) is 0.222. The monoisotopic (exact) mass is 179 g/mol. The fourth-order valence-electron chi connectivity index (χ4n) is 1.41. The lowest BCUT2D eigenvalue weighted by atomic mass is 10.3. The summed E-state index contributed by atoms with van der Waals surface area (Å²) in [6.07, 6.45) is 0.919. The van der Waals surface area contributed by atoms with E-state index in [2.05, 4.69) is 5.38 Å². The second kappa shape index (κ2) is 2.45. The van der Waals surface area contributed by atoms with Gasteiger partial charge in [-0.3, -0.25) is 4.79 Å². The highest BCUT2D eigenvalue weighted by atomic mass is 32.1. The Morgan fingerprint density at radius 1 is 1.50 bits per heavy atom. The Hall–Kier alpha value is -1.09. The third kappa shape index (κ3) is 0.830. The van der Waals surface area contributed by atoms with Crippen molar-refractivity contribution in [2.24, 2.45) is 0 Å². The summed E-state index contributed by atoms with van der Waals surface area (Å²) < 4.78 is 1.99. The van der Waals surface area contributed by atoms with Crippen molar-refractivity contribution in [2.75, 3.05) is 0 Å². The molecule has 2 aromatic rings. The highest BCUT2D eigenvalue weighted by Crippen LogP contribution is 2.22. The molecule has 2 heterocycles. The number of hydrogen-bond donors (Lipinski definition) is 0. The molecule has 0 aliphatic rings. The topological polar surface area (TPSA) is 21.5 Å². The van der Waals surface area contributed by atoms with Crippen molar-refractivity contribution in [1.29, 1.82) is 0 Å². The number of nitrogens with zero attached hydrogens (tertiary/aromatic N) is 1. The van der Waals surface area contributed by atoms with Gasteiger partial charge in [-0.05, 0) is 25.5 Å². The first-order chi connectivity index (χ1) is 5.74. The lowest BCUT2D eigenvalue weighted by molar-refractivity contribution is 0.111. The first-order valence-electron chi connectivity index (χ1n) is 3.75. The molecule has 0 aromatic carbocycles. The molecule has 3 heteroatoms. The van der Waals surface area contributed by atoms with Crippen LogP contribution in [0.15, 0.2) is 11.4 Å². The van der Waals surface area contributed by atoms with E-state index in [-0.39, 0.29) is 0 Å². The van der Waals surface area contributed by atoms with Gasteiger partial charge in [-0.1, -0.05) is 0 Å². The molecule has 0 saturated heterocycles. The van der Waals surface area contributed by atoms with E-state index >= 15 is 0 Å². The van der Waals surface area contributed by atoms with Gasteiger partial charge in [0.2, 0.25) is 0 Å². The highest BCUT2D eigenvalue weighted by Gasteiger charge is 2.08. The van der Waals surface area contributed by atoms with Crippen LogP contribution in [0.1, 0.15) is 21.7 Å². The highest BCUT2D eigenvalue weighted by molar-refractivity contribution is 7.15. The fourth-order valence-corrected chi connectivity index (χ4v) is 2.40. The zero-order valence-electron chi connectivity index (χ0n) is 7.00. The van der Waals surface area contributed by atoms with Gasteiger partial charge >= 0.3 is 0 Å². The smallest absolute Gasteiger partial charge is 0.167 e. The summed E-state index contributed by atoms with van der Waals surface area (Å²) in [5, 5.41) is 2.06. The molecule has 2 rings (SSSR count). The third-order valence-corrected chi connectivity index (χ3v) is 3.02. The standard InChI is InChI=1S/C9H9NOS/c1-6-3-9-10(8(6)4-11)7(2)5-12-9/h3-5H,1-2H3. The lowest BCUT2D eigenvalue weighted by Gasteiger charge is -1.93. The number of rotatable bonds is 1. The van der Waals surface area contributed by atoms with Crippen LogP contribution in [0.25, 0.3) is 4.83 Å². The van der Waals surface area contributed by atoms with Crippen molar-refractivity contribution in [3.63, 3.8) is 0 Å². The van der Waals surface area contributed by atoms with Gasteiger partial charge in [0.1, 0.15) is 4.83 Å². The number of hydrogen-bond acceptors (Lipinski definition) is 2. The van der Waals surface area contributed by atoms with Crippen molar-refractivity contribution in [3.8, 4) is 0 Å². The Morgan fingerprint density at radius 2 is 2.25 bits per heavy atom. The molecule has 0 bridgehead atoms. The number of fused-ring (bicyclic) bond motifs is 1. The molecule has 2 nitrogen and oxygen atoms in total. The molecule has 62 valence electrons. The average molecular weight is 179 g/mol. The molecule has 0 aliphatic carbocycles. The molecule has 0 unspecified atom stereocenters. The van der Waals surface area contributed by atoms with Crippen LogP contribution in [-0.2, 0) is 0 Å². The zero-order chi connectivity index (χ0) is 8.72. The van der Waals surface area contributed by atoms with Crippen molar-refractivity contribution in [1.82, 2.24) is 4.40 Å². The summed E-state index contributed by atoms with van der Waals surface area (Å²) in [7, 11) is 0. The summed E-state index contributed by atoms with van der Waals surface area (Å²) in [6, 6.07) is 2.04. The van der Waals surface area contributed by atoms with Crippen LogP contribution in [0.3, 0.4) is 0 Å².